The van der Waals surface area contributed by atoms with Crippen LogP contribution in [0.5, 0.6) is 0 Å². The van der Waals surface area contributed by atoms with Crippen molar-refractivity contribution >= 4 is 5.91 Å². The molecule has 1 aliphatic rings. The molecule has 2 aromatic heterocycles. The number of hydrogen-bond acceptors (Lipinski definition) is 4. The van der Waals surface area contributed by atoms with Crippen LogP contribution in [0.4, 0.5) is 0 Å². The van der Waals surface area contributed by atoms with Gasteiger partial charge in [-0.15, -0.1) is 0 Å². The van der Waals surface area contributed by atoms with Crippen LogP contribution in [0.25, 0.3) is 0 Å². The minimum Gasteiger partial charge on any atom is -0.503 e. The molecule has 7 nitrogen and oxygen atoms in total. The zero-order chi connectivity index (χ0) is 16.4. The molecule has 2 N–H and O–H groups in total. The Balaban J connectivity index is 1.79. The van der Waals surface area contributed by atoms with E-state index < -0.39 is 0 Å². The number of aliphatic hydroxyl groups is 1. The largest absolute Gasteiger partial charge is 0.503 e. The third-order valence-electron chi connectivity index (χ3n) is 4.16. The summed E-state index contributed by atoms with van der Waals surface area (Å²) in [6, 6.07) is 1.58. The van der Waals surface area contributed by atoms with Crippen molar-refractivity contribution in [1.82, 2.24) is 24.6 Å². The van der Waals surface area contributed by atoms with Gasteiger partial charge in [0.25, 0.3) is 5.91 Å². The number of carbonyl (C=O) groups excluding carboxylic acids is 1. The molecule has 2 aromatic rings. The molecule has 0 aromatic carbocycles. The molecule has 122 valence electrons. The van der Waals surface area contributed by atoms with Crippen LogP contribution >= 0.6 is 0 Å². The maximum atomic E-state index is 12.5. The fourth-order valence-corrected chi connectivity index (χ4v) is 3.09. The molecule has 0 saturated heterocycles. The number of nitrogens with zero attached hydrogens (tertiary/aromatic N) is 4. The van der Waals surface area contributed by atoms with Crippen molar-refractivity contribution in [3.63, 3.8) is 0 Å². The number of aromatic amines is 1. The smallest absolute Gasteiger partial charge is 0.289 e. The summed E-state index contributed by atoms with van der Waals surface area (Å²) in [5.41, 5.74) is 1.58. The summed E-state index contributed by atoms with van der Waals surface area (Å²) in [6.45, 7) is 5.30. The van der Waals surface area contributed by atoms with Crippen LogP contribution < -0.4 is 0 Å². The second kappa shape index (κ2) is 6.28. The minimum absolute atomic E-state index is 0.0749. The van der Waals surface area contributed by atoms with E-state index in [1.165, 1.54) is 0 Å². The summed E-state index contributed by atoms with van der Waals surface area (Å²) >= 11 is 0. The molecule has 0 saturated carbocycles. The number of H-pyrrole nitrogens is 1. The van der Waals surface area contributed by atoms with Crippen LogP contribution in [0.2, 0.25) is 0 Å². The summed E-state index contributed by atoms with van der Waals surface area (Å²) in [6.07, 6.45) is 7.84. The van der Waals surface area contributed by atoms with Gasteiger partial charge in [0.2, 0.25) is 0 Å². The summed E-state index contributed by atoms with van der Waals surface area (Å²) in [5, 5.41) is 17.2. The van der Waals surface area contributed by atoms with Crippen LogP contribution in [0, 0.1) is 5.92 Å². The molecule has 7 heteroatoms. The molecule has 1 unspecified atom stereocenters. The molecule has 0 radical (unpaired) electrons. The van der Waals surface area contributed by atoms with Crippen molar-refractivity contribution in [2.45, 2.75) is 32.9 Å². The van der Waals surface area contributed by atoms with Gasteiger partial charge in [-0.3, -0.25) is 9.89 Å². The zero-order valence-electron chi connectivity index (χ0n) is 13.3. The number of aryl methyl sites for hydroxylation is 1. The highest BCUT2D eigenvalue weighted by Crippen LogP contribution is 2.40. The molecular weight excluding hydrogens is 294 g/mol. The van der Waals surface area contributed by atoms with Crippen LogP contribution in [0.3, 0.4) is 0 Å². The highest BCUT2D eigenvalue weighted by atomic mass is 16.3. The van der Waals surface area contributed by atoms with E-state index in [1.54, 1.807) is 23.6 Å². The van der Waals surface area contributed by atoms with Gasteiger partial charge in [0.05, 0.1) is 18.1 Å². The number of rotatable bonds is 6. The molecule has 1 aliphatic heterocycles. The normalized spacial score (nSPS) is 18.5. The fourth-order valence-electron chi connectivity index (χ4n) is 3.09. The standard InChI is InChI=1S/C16H21N5O2/c1-11(2)13-14(12-4-5-18-19-12)21(16(23)15(13)22)8-3-7-20-9-6-17-10-20/h4-6,9-11,14,22H,3,7-8H2,1-2H3,(H,18,19). The molecular formula is C16H21N5O2. The van der Waals surface area contributed by atoms with Crippen LogP contribution in [0.1, 0.15) is 32.0 Å². The van der Waals surface area contributed by atoms with Crippen molar-refractivity contribution in [3.05, 3.63) is 48.0 Å². The van der Waals surface area contributed by atoms with Gasteiger partial charge in [-0.05, 0) is 18.4 Å². The Morgan fingerprint density at radius 1 is 1.35 bits per heavy atom. The number of imidazole rings is 1. The summed E-state index contributed by atoms with van der Waals surface area (Å²) < 4.78 is 1.97. The first-order chi connectivity index (χ1) is 11.1. The number of nitrogens with one attached hydrogen (secondary N) is 1. The van der Waals surface area contributed by atoms with Crippen LogP contribution in [-0.4, -0.2) is 42.2 Å². The third kappa shape index (κ3) is 2.86. The molecule has 0 spiro atoms. The highest BCUT2D eigenvalue weighted by molar-refractivity contribution is 5.95. The molecule has 1 atom stereocenters. The summed E-state index contributed by atoms with van der Waals surface area (Å²) in [5.74, 6) is -0.355. The van der Waals surface area contributed by atoms with Crippen molar-refractivity contribution in [3.8, 4) is 0 Å². The minimum atomic E-state index is -0.307. The van der Waals surface area contributed by atoms with Crippen molar-refractivity contribution < 1.29 is 9.90 Å². The molecule has 1 amide bonds. The first kappa shape index (κ1) is 15.3. The van der Waals surface area contributed by atoms with Gasteiger partial charge in [-0.25, -0.2) is 4.98 Å². The van der Waals surface area contributed by atoms with Gasteiger partial charge in [-0.1, -0.05) is 13.8 Å². The van der Waals surface area contributed by atoms with Gasteiger partial charge < -0.3 is 14.6 Å². The second-order valence-electron chi connectivity index (χ2n) is 6.03. The Kier molecular flexibility index (Phi) is 4.18. The average molecular weight is 315 g/mol. The van der Waals surface area contributed by atoms with Crippen molar-refractivity contribution in [2.24, 2.45) is 5.92 Å². The Labute approximate surface area is 134 Å². The van der Waals surface area contributed by atoms with Crippen LogP contribution in [0.15, 0.2) is 42.3 Å². The quantitative estimate of drug-likeness (QED) is 0.854. The van der Waals surface area contributed by atoms with Gasteiger partial charge in [-0.2, -0.15) is 5.10 Å². The lowest BCUT2D eigenvalue weighted by Gasteiger charge is -2.27. The number of aliphatic hydroxyl groups excluding tert-OH is 1. The SMILES string of the molecule is CC(C)C1=C(O)C(=O)N(CCCn2ccnc2)C1c1ccn[nH]1. The number of carbonyl (C=O) groups is 1. The molecule has 3 rings (SSSR count). The summed E-state index contributed by atoms with van der Waals surface area (Å²) in [4.78, 5) is 18.2. The lowest BCUT2D eigenvalue weighted by molar-refractivity contribution is -0.129. The maximum Gasteiger partial charge on any atom is 0.289 e. The van der Waals surface area contributed by atoms with Gasteiger partial charge in [0, 0.05) is 37.3 Å². The zero-order valence-corrected chi connectivity index (χ0v) is 13.3. The Bertz CT molecular complexity index is 688. The van der Waals surface area contributed by atoms with E-state index in [9.17, 15) is 9.90 Å². The fraction of sp³-hybridized carbons (Fsp3) is 0.438. The van der Waals surface area contributed by atoms with Gasteiger partial charge in [0.1, 0.15) is 0 Å². The van der Waals surface area contributed by atoms with Crippen molar-refractivity contribution in [1.29, 1.82) is 0 Å². The molecule has 0 aliphatic carbocycles. The summed E-state index contributed by atoms with van der Waals surface area (Å²) in [7, 11) is 0. The topological polar surface area (TPSA) is 87.0 Å². The van der Waals surface area contributed by atoms with Gasteiger partial charge >= 0.3 is 0 Å². The molecule has 23 heavy (non-hydrogen) atoms. The molecule has 0 fully saturated rings. The average Bonchev–Trinajstić information content (AvgIpc) is 3.23. The van der Waals surface area contributed by atoms with E-state index >= 15 is 0 Å². The van der Waals surface area contributed by atoms with E-state index in [0.717, 1.165) is 24.2 Å². The second-order valence-corrected chi connectivity index (χ2v) is 6.03. The predicted octanol–water partition coefficient (Wildman–Crippen LogP) is 2.05. The predicted molar refractivity (Wildman–Crippen MR) is 84.4 cm³/mol. The maximum absolute atomic E-state index is 12.5. The van der Waals surface area contributed by atoms with Crippen molar-refractivity contribution in [2.75, 3.05) is 6.54 Å². The molecule has 0 bridgehead atoms. The lowest BCUT2D eigenvalue weighted by Crippen LogP contribution is -2.32. The monoisotopic (exact) mass is 315 g/mol. The van der Waals surface area contributed by atoms with E-state index in [4.69, 9.17) is 0 Å². The lowest BCUT2D eigenvalue weighted by atomic mass is 9.94. The third-order valence-corrected chi connectivity index (χ3v) is 4.16. The first-order valence-corrected chi connectivity index (χ1v) is 7.78. The Morgan fingerprint density at radius 2 is 2.17 bits per heavy atom. The van der Waals surface area contributed by atoms with Crippen LogP contribution in [-0.2, 0) is 11.3 Å². The molecule has 3 heterocycles. The Hall–Kier alpha value is -2.57. The van der Waals surface area contributed by atoms with E-state index in [0.29, 0.717) is 6.54 Å². The van der Waals surface area contributed by atoms with E-state index in [2.05, 4.69) is 15.2 Å². The number of amides is 1. The number of aromatic nitrogens is 4. The van der Waals surface area contributed by atoms with Gasteiger partial charge in [0.15, 0.2) is 5.76 Å². The Morgan fingerprint density at radius 3 is 2.78 bits per heavy atom. The highest BCUT2D eigenvalue weighted by Gasteiger charge is 2.41. The number of hydrogen-bond donors (Lipinski definition) is 2. The first-order valence-electron chi connectivity index (χ1n) is 7.78. The van der Waals surface area contributed by atoms with E-state index in [1.807, 2.05) is 30.7 Å². The van der Waals surface area contributed by atoms with E-state index in [-0.39, 0.29) is 23.6 Å².